The fourth-order valence-electron chi connectivity index (χ4n) is 4.40. The highest BCUT2D eigenvalue weighted by molar-refractivity contribution is 6.31. The first-order valence-electron chi connectivity index (χ1n) is 14.0. The summed E-state index contributed by atoms with van der Waals surface area (Å²) >= 11 is 6.16. The quantitative estimate of drug-likeness (QED) is 0.287. The normalized spacial score (nSPS) is 16.3. The monoisotopic (exact) mass is 601 g/mol. The van der Waals surface area contributed by atoms with Crippen molar-refractivity contribution in [3.8, 4) is 11.5 Å². The summed E-state index contributed by atoms with van der Waals surface area (Å²) in [5.74, 6) is 0.803. The molecule has 1 aromatic heterocycles. The van der Waals surface area contributed by atoms with Crippen LogP contribution >= 0.6 is 11.6 Å². The predicted octanol–water partition coefficient (Wildman–Crippen LogP) is 3.38. The summed E-state index contributed by atoms with van der Waals surface area (Å²) in [5, 5.41) is 12.9. The van der Waals surface area contributed by atoms with Gasteiger partial charge in [0.2, 0.25) is 11.8 Å². The Morgan fingerprint density at radius 2 is 2.07 bits per heavy atom. The molecule has 0 fully saturated rings. The second kappa shape index (κ2) is 14.9. The molecule has 0 radical (unpaired) electrons. The van der Waals surface area contributed by atoms with Gasteiger partial charge in [0.25, 0.3) is 0 Å². The molecule has 1 atom stereocenters. The van der Waals surface area contributed by atoms with Crippen LogP contribution in [0, 0.1) is 5.82 Å². The number of benzene rings is 2. The maximum Gasteiger partial charge on any atom is 0.237 e. The number of aromatic nitrogens is 2. The van der Waals surface area contributed by atoms with Gasteiger partial charge in [-0.25, -0.2) is 14.4 Å². The number of fused-ring (bicyclic) bond motifs is 2. The van der Waals surface area contributed by atoms with E-state index in [4.69, 9.17) is 21.1 Å². The summed E-state index contributed by atoms with van der Waals surface area (Å²) in [6.45, 7) is 6.76. The summed E-state index contributed by atoms with van der Waals surface area (Å²) < 4.78 is 26.8. The van der Waals surface area contributed by atoms with Crippen molar-refractivity contribution >= 4 is 45.8 Å². The van der Waals surface area contributed by atoms with Gasteiger partial charge < -0.3 is 30.7 Å². The summed E-state index contributed by atoms with van der Waals surface area (Å²) in [7, 11) is 1.81. The Balaban J connectivity index is 1.60. The van der Waals surface area contributed by atoms with Gasteiger partial charge in [-0.1, -0.05) is 11.6 Å². The van der Waals surface area contributed by atoms with Crippen LogP contribution < -0.4 is 30.7 Å². The lowest BCUT2D eigenvalue weighted by Crippen LogP contribution is -2.43. The highest BCUT2D eigenvalue weighted by Crippen LogP contribution is 2.36. The molecular weight excluding hydrogens is 565 g/mol. The molecule has 1 aliphatic rings. The molecule has 11 nitrogen and oxygen atoms in total. The Labute approximate surface area is 249 Å². The summed E-state index contributed by atoms with van der Waals surface area (Å²) in [6.07, 6.45) is 2.76. The third-order valence-corrected chi connectivity index (χ3v) is 7.16. The maximum atomic E-state index is 14.5. The van der Waals surface area contributed by atoms with Crippen LogP contribution in [-0.2, 0) is 16.1 Å². The number of ether oxygens (including phenoxy) is 2. The lowest BCUT2D eigenvalue weighted by atomic mass is 10.1. The van der Waals surface area contributed by atoms with Crippen LogP contribution in [0.4, 0.5) is 15.9 Å². The highest BCUT2D eigenvalue weighted by Gasteiger charge is 2.21. The summed E-state index contributed by atoms with van der Waals surface area (Å²) in [5.41, 5.74) is 1.80. The first-order chi connectivity index (χ1) is 20.2. The molecule has 2 heterocycles. The van der Waals surface area contributed by atoms with E-state index in [0.717, 1.165) is 13.0 Å². The molecule has 13 heteroatoms. The van der Waals surface area contributed by atoms with Crippen molar-refractivity contribution in [2.24, 2.45) is 0 Å². The number of halogens is 2. The molecule has 2 bridgehead atoms. The topological polar surface area (TPSA) is 130 Å². The molecule has 2 aromatic carbocycles. The van der Waals surface area contributed by atoms with Crippen molar-refractivity contribution in [2.75, 3.05) is 51.8 Å². The number of hydrogen-bond acceptors (Lipinski definition) is 9. The van der Waals surface area contributed by atoms with Gasteiger partial charge in [0.15, 0.2) is 11.5 Å². The number of nitrogens with zero attached hydrogens (tertiary/aromatic N) is 3. The highest BCUT2D eigenvalue weighted by atomic mass is 35.5. The lowest BCUT2D eigenvalue weighted by molar-refractivity contribution is -0.125. The van der Waals surface area contributed by atoms with Gasteiger partial charge in [-0.3, -0.25) is 14.5 Å². The fraction of sp³-hybridized carbons (Fsp3) is 0.448. The lowest BCUT2D eigenvalue weighted by Gasteiger charge is -2.25. The van der Waals surface area contributed by atoms with Crippen LogP contribution in [0.1, 0.15) is 32.3 Å². The van der Waals surface area contributed by atoms with E-state index in [1.807, 2.05) is 18.0 Å². The number of carbonyl (C=O) groups is 2. The van der Waals surface area contributed by atoms with Crippen LogP contribution in [0.3, 0.4) is 0 Å². The average molecular weight is 602 g/mol. The van der Waals surface area contributed by atoms with Gasteiger partial charge in [-0.05, 0) is 57.1 Å². The Kier molecular flexibility index (Phi) is 11.1. The Bertz CT molecular complexity index is 1410. The van der Waals surface area contributed by atoms with Crippen LogP contribution in [-0.4, -0.2) is 79.2 Å². The van der Waals surface area contributed by atoms with E-state index in [1.54, 1.807) is 13.0 Å². The minimum atomic E-state index is -0.551. The zero-order valence-corrected chi connectivity index (χ0v) is 24.8. The Hall–Kier alpha value is -3.74. The zero-order chi connectivity index (χ0) is 30.1. The molecule has 0 spiro atoms. The van der Waals surface area contributed by atoms with E-state index in [9.17, 15) is 14.0 Å². The molecular formula is C29H37ClFN7O4. The second-order valence-electron chi connectivity index (χ2n) is 10.1. The number of hydrogen-bond donors (Lipinski definition) is 4. The van der Waals surface area contributed by atoms with Crippen molar-refractivity contribution in [1.29, 1.82) is 0 Å². The number of carbonyl (C=O) groups excluding carboxylic acids is 2. The third-order valence-electron chi connectivity index (χ3n) is 6.87. The molecule has 1 aliphatic heterocycles. The van der Waals surface area contributed by atoms with E-state index >= 15 is 0 Å². The van der Waals surface area contributed by atoms with Crippen LogP contribution in [0.15, 0.2) is 30.6 Å². The van der Waals surface area contributed by atoms with Crippen LogP contribution in [0.25, 0.3) is 10.9 Å². The third kappa shape index (κ3) is 8.40. The van der Waals surface area contributed by atoms with Crippen molar-refractivity contribution in [2.45, 2.75) is 39.3 Å². The Morgan fingerprint density at radius 3 is 2.88 bits per heavy atom. The van der Waals surface area contributed by atoms with Gasteiger partial charge >= 0.3 is 0 Å². The van der Waals surface area contributed by atoms with Crippen molar-refractivity contribution < 1.29 is 23.5 Å². The van der Waals surface area contributed by atoms with Crippen molar-refractivity contribution in [3.05, 3.63) is 47.0 Å². The van der Waals surface area contributed by atoms with Gasteiger partial charge in [-0.2, -0.15) is 0 Å². The molecule has 0 saturated heterocycles. The number of amides is 2. The standard InChI is InChI=1S/C29H37ClFN7O4/c1-18-29(40)34-7-5-11-41-26-13-21-25(15-27(26)42-10-4-6-32-8-9-33-19(2)39)35-17-36-28(21)37-24-14-22(30)23(31)12-20(24)16-38(18)3/h12-15,17-18,32H,4-11,16H2,1-3H3,(H,33,39)(H,34,40)(H,35,36,37)/t18-/m1/s1. The molecule has 0 saturated carbocycles. The SMILES string of the molecule is CC(=O)NCCNCCCOc1cc2ncnc3c2cc1OCCCNC(=O)[C@@H](C)N(C)Cc1cc(F)c(Cl)cc1N3. The van der Waals surface area contributed by atoms with Crippen molar-refractivity contribution in [3.63, 3.8) is 0 Å². The van der Waals surface area contributed by atoms with Gasteiger partial charge in [0.1, 0.15) is 18.0 Å². The zero-order valence-electron chi connectivity index (χ0n) is 24.1. The van der Waals surface area contributed by atoms with E-state index < -0.39 is 11.9 Å². The molecule has 2 amide bonds. The van der Waals surface area contributed by atoms with Crippen molar-refractivity contribution in [1.82, 2.24) is 30.8 Å². The number of nitrogens with one attached hydrogen (secondary N) is 4. The minimum absolute atomic E-state index is 0.0354. The minimum Gasteiger partial charge on any atom is -0.490 e. The first kappa shape index (κ1) is 31.2. The second-order valence-corrected chi connectivity index (χ2v) is 10.5. The van der Waals surface area contributed by atoms with Gasteiger partial charge in [0.05, 0.1) is 29.8 Å². The van der Waals surface area contributed by atoms with Gasteiger partial charge in [0, 0.05) is 50.2 Å². The van der Waals surface area contributed by atoms with E-state index in [1.165, 1.54) is 25.4 Å². The molecule has 0 unspecified atom stereocenters. The van der Waals surface area contributed by atoms with Crippen LogP contribution in [0.2, 0.25) is 5.02 Å². The number of rotatable bonds is 8. The molecule has 3 aromatic rings. The Morgan fingerprint density at radius 1 is 1.24 bits per heavy atom. The van der Waals surface area contributed by atoms with Crippen LogP contribution in [0.5, 0.6) is 11.5 Å². The molecule has 4 rings (SSSR count). The molecule has 0 aliphatic carbocycles. The molecule has 42 heavy (non-hydrogen) atoms. The van der Waals surface area contributed by atoms with E-state index in [0.29, 0.717) is 85.3 Å². The number of likely N-dealkylation sites (N-methyl/N-ethyl adjacent to an activating group) is 1. The first-order valence-corrected chi connectivity index (χ1v) is 14.3. The fourth-order valence-corrected chi connectivity index (χ4v) is 4.57. The average Bonchev–Trinajstić information content (AvgIpc) is 2.95. The molecule has 226 valence electrons. The predicted molar refractivity (Wildman–Crippen MR) is 160 cm³/mol. The van der Waals surface area contributed by atoms with E-state index in [2.05, 4.69) is 31.2 Å². The summed E-state index contributed by atoms with van der Waals surface area (Å²) in [4.78, 5) is 34.5. The summed E-state index contributed by atoms with van der Waals surface area (Å²) in [6, 6.07) is 6.06. The van der Waals surface area contributed by atoms with Gasteiger partial charge in [-0.15, -0.1) is 0 Å². The van der Waals surface area contributed by atoms with E-state index in [-0.39, 0.29) is 16.8 Å². The molecule has 4 N–H and O–H groups in total. The number of anilines is 2. The maximum absolute atomic E-state index is 14.5. The smallest absolute Gasteiger partial charge is 0.237 e. The largest absolute Gasteiger partial charge is 0.490 e.